The van der Waals surface area contributed by atoms with E-state index in [1.165, 1.54) is 18.7 Å². The summed E-state index contributed by atoms with van der Waals surface area (Å²) in [4.78, 5) is 36.7. The monoisotopic (exact) mass is 485 g/mol. The van der Waals surface area contributed by atoms with Crippen LogP contribution >= 0.6 is 23.4 Å². The molecule has 0 aliphatic rings. The van der Waals surface area contributed by atoms with Crippen molar-refractivity contribution < 1.29 is 14.4 Å². The Labute approximate surface area is 201 Å². The third kappa shape index (κ3) is 6.43. The van der Waals surface area contributed by atoms with Gasteiger partial charge < -0.3 is 15.2 Å². The number of nitrogens with zero attached hydrogens (tertiary/aromatic N) is 3. The van der Waals surface area contributed by atoms with Crippen LogP contribution in [-0.4, -0.2) is 37.6 Å². The summed E-state index contributed by atoms with van der Waals surface area (Å²) in [6, 6.07) is 13.4. The minimum atomic E-state index is -0.412. The first-order valence-electron chi connectivity index (χ1n) is 10.3. The van der Waals surface area contributed by atoms with Crippen molar-refractivity contribution in [3.05, 3.63) is 70.5 Å². The van der Waals surface area contributed by atoms with Crippen molar-refractivity contribution in [3.63, 3.8) is 0 Å². The molecule has 1 atom stereocenters. The molecule has 0 fully saturated rings. The summed E-state index contributed by atoms with van der Waals surface area (Å²) in [6.07, 6.45) is 0.568. The molecule has 1 heterocycles. The van der Waals surface area contributed by atoms with E-state index in [0.717, 1.165) is 0 Å². The van der Waals surface area contributed by atoms with Crippen LogP contribution in [0, 0.1) is 0 Å². The van der Waals surface area contributed by atoms with E-state index in [0.29, 0.717) is 39.2 Å². The fourth-order valence-corrected chi connectivity index (χ4v) is 4.02. The predicted octanol–water partition coefficient (Wildman–Crippen LogP) is 4.11. The first kappa shape index (κ1) is 24.5. The van der Waals surface area contributed by atoms with E-state index in [9.17, 15) is 14.4 Å². The van der Waals surface area contributed by atoms with Gasteiger partial charge in [0.05, 0.1) is 11.8 Å². The number of thioether (sulfide) groups is 1. The van der Waals surface area contributed by atoms with Crippen LogP contribution in [0.15, 0.2) is 53.7 Å². The first-order valence-corrected chi connectivity index (χ1v) is 11.5. The molecule has 0 aliphatic heterocycles. The molecule has 3 rings (SSSR count). The summed E-state index contributed by atoms with van der Waals surface area (Å²) in [6.45, 7) is 3.58. The molecule has 10 heteroatoms. The van der Waals surface area contributed by atoms with Crippen molar-refractivity contribution in [2.24, 2.45) is 7.05 Å². The van der Waals surface area contributed by atoms with Gasteiger partial charge in [0.25, 0.3) is 5.91 Å². The lowest BCUT2D eigenvalue weighted by atomic mass is 10.1. The maximum atomic E-state index is 12.8. The summed E-state index contributed by atoms with van der Waals surface area (Å²) in [5.74, 6) is 0.0535. The molecule has 172 valence electrons. The number of hydrogen-bond acceptors (Lipinski definition) is 6. The van der Waals surface area contributed by atoms with Crippen LogP contribution in [0.1, 0.15) is 46.8 Å². The molecular weight excluding hydrogens is 462 g/mol. The van der Waals surface area contributed by atoms with Crippen molar-refractivity contribution in [3.8, 4) is 0 Å². The number of hydrogen-bond donors (Lipinski definition) is 2. The average molecular weight is 486 g/mol. The van der Waals surface area contributed by atoms with Gasteiger partial charge in [-0.2, -0.15) is 0 Å². The number of anilines is 1. The molecule has 0 radical (unpaired) electrons. The van der Waals surface area contributed by atoms with Gasteiger partial charge in [0.2, 0.25) is 5.91 Å². The molecule has 0 saturated heterocycles. The van der Waals surface area contributed by atoms with Crippen molar-refractivity contribution >= 4 is 46.6 Å². The Bertz CT molecular complexity index is 1160. The second-order valence-corrected chi connectivity index (χ2v) is 8.89. The summed E-state index contributed by atoms with van der Waals surface area (Å²) in [7, 11) is 1.78. The molecule has 33 heavy (non-hydrogen) atoms. The lowest BCUT2D eigenvalue weighted by Crippen LogP contribution is -2.25. The fraction of sp³-hybridized carbons (Fsp3) is 0.261. The third-order valence-corrected chi connectivity index (χ3v) is 6.54. The zero-order valence-electron chi connectivity index (χ0n) is 18.5. The Balaban J connectivity index is 1.62. The Kier molecular flexibility index (Phi) is 8.24. The number of ketones is 1. The quantitative estimate of drug-likeness (QED) is 0.349. The highest BCUT2D eigenvalue weighted by Gasteiger charge is 2.22. The van der Waals surface area contributed by atoms with E-state index in [4.69, 9.17) is 11.6 Å². The van der Waals surface area contributed by atoms with Crippen LogP contribution < -0.4 is 10.6 Å². The molecule has 0 unspecified atom stereocenters. The Morgan fingerprint density at radius 3 is 2.48 bits per heavy atom. The van der Waals surface area contributed by atoms with Crippen molar-refractivity contribution in [1.82, 2.24) is 20.1 Å². The fourth-order valence-electron chi connectivity index (χ4n) is 2.95. The number of nitrogens with one attached hydrogen (secondary N) is 2. The van der Waals surface area contributed by atoms with E-state index >= 15 is 0 Å². The van der Waals surface area contributed by atoms with Crippen LogP contribution in [0.25, 0.3) is 0 Å². The van der Waals surface area contributed by atoms with Crippen LogP contribution in [0.3, 0.4) is 0 Å². The Morgan fingerprint density at radius 1 is 1.09 bits per heavy atom. The standard InChI is InChI=1S/C23H24ClN5O3S/c1-4-19(22(32)26-18-7-5-6-16(12-18)14(2)30)33-23-28-27-20(29(23)3)13-25-21(31)15-8-10-17(24)11-9-15/h5-12,19H,4,13H2,1-3H3,(H,25,31)(H,26,32)/t19-/m0/s1. The molecule has 8 nitrogen and oxygen atoms in total. The Hall–Kier alpha value is -3.17. The van der Waals surface area contributed by atoms with Crippen LogP contribution in [-0.2, 0) is 18.4 Å². The highest BCUT2D eigenvalue weighted by molar-refractivity contribution is 8.00. The number of amides is 2. The maximum absolute atomic E-state index is 12.8. The number of Topliss-reactive ketones (excluding diaryl/α,β-unsaturated/α-hetero) is 1. The number of carbonyl (C=O) groups excluding carboxylic acids is 3. The highest BCUT2D eigenvalue weighted by Crippen LogP contribution is 2.25. The second-order valence-electron chi connectivity index (χ2n) is 7.29. The molecule has 1 aromatic heterocycles. The van der Waals surface area contributed by atoms with Crippen molar-refractivity contribution in [2.45, 2.75) is 37.2 Å². The van der Waals surface area contributed by atoms with Gasteiger partial charge >= 0.3 is 0 Å². The molecule has 3 aromatic rings. The zero-order valence-corrected chi connectivity index (χ0v) is 20.0. The smallest absolute Gasteiger partial charge is 0.251 e. The highest BCUT2D eigenvalue weighted by atomic mass is 35.5. The van der Waals surface area contributed by atoms with E-state index in [1.54, 1.807) is 60.1 Å². The molecule has 2 aromatic carbocycles. The number of benzene rings is 2. The van der Waals surface area contributed by atoms with Gasteiger partial charge in [-0.25, -0.2) is 0 Å². The summed E-state index contributed by atoms with van der Waals surface area (Å²) >= 11 is 7.14. The SMILES string of the molecule is CC[C@H](Sc1nnc(CNC(=O)c2ccc(Cl)cc2)n1C)C(=O)Nc1cccc(C(C)=O)c1. The van der Waals surface area contributed by atoms with Crippen molar-refractivity contribution in [2.75, 3.05) is 5.32 Å². The number of rotatable bonds is 9. The largest absolute Gasteiger partial charge is 0.345 e. The van der Waals surface area contributed by atoms with Gasteiger partial charge in [-0.1, -0.05) is 42.4 Å². The summed E-state index contributed by atoms with van der Waals surface area (Å²) in [5, 5.41) is 14.7. The second kappa shape index (κ2) is 11.1. The third-order valence-electron chi connectivity index (χ3n) is 4.89. The predicted molar refractivity (Wildman–Crippen MR) is 129 cm³/mol. The van der Waals surface area contributed by atoms with Gasteiger partial charge in [-0.3, -0.25) is 14.4 Å². The molecule has 2 amide bonds. The summed E-state index contributed by atoms with van der Waals surface area (Å²) in [5.41, 5.74) is 1.59. The normalized spacial score (nSPS) is 11.6. The van der Waals surface area contributed by atoms with Crippen LogP contribution in [0.2, 0.25) is 5.02 Å². The topological polar surface area (TPSA) is 106 Å². The molecule has 2 N–H and O–H groups in total. The van der Waals surface area contributed by atoms with Gasteiger partial charge in [-0.05, 0) is 49.7 Å². The maximum Gasteiger partial charge on any atom is 0.251 e. The molecular formula is C23H24ClN5O3S. The number of halogens is 1. The van der Waals surface area contributed by atoms with Crippen molar-refractivity contribution in [1.29, 1.82) is 0 Å². The van der Waals surface area contributed by atoms with E-state index in [-0.39, 0.29) is 24.1 Å². The lowest BCUT2D eigenvalue weighted by molar-refractivity contribution is -0.115. The van der Waals surface area contributed by atoms with Gasteiger partial charge in [-0.15, -0.1) is 10.2 Å². The van der Waals surface area contributed by atoms with Crippen LogP contribution in [0.4, 0.5) is 5.69 Å². The Morgan fingerprint density at radius 2 is 1.82 bits per heavy atom. The van der Waals surface area contributed by atoms with Gasteiger partial charge in [0, 0.05) is 28.9 Å². The van der Waals surface area contributed by atoms with Gasteiger partial charge in [0.15, 0.2) is 16.8 Å². The molecule has 0 spiro atoms. The van der Waals surface area contributed by atoms with E-state index < -0.39 is 5.25 Å². The van der Waals surface area contributed by atoms with Crippen LogP contribution in [0.5, 0.6) is 0 Å². The number of carbonyl (C=O) groups is 3. The lowest BCUT2D eigenvalue weighted by Gasteiger charge is -2.14. The molecule has 0 aliphatic carbocycles. The van der Waals surface area contributed by atoms with Gasteiger partial charge in [0.1, 0.15) is 0 Å². The zero-order chi connectivity index (χ0) is 24.0. The summed E-state index contributed by atoms with van der Waals surface area (Å²) < 4.78 is 1.75. The molecule has 0 saturated carbocycles. The van der Waals surface area contributed by atoms with E-state index in [1.807, 2.05) is 6.92 Å². The van der Waals surface area contributed by atoms with E-state index in [2.05, 4.69) is 20.8 Å². The number of aromatic nitrogens is 3. The minimum absolute atomic E-state index is 0.0673. The average Bonchev–Trinajstić information content (AvgIpc) is 3.15. The minimum Gasteiger partial charge on any atom is -0.345 e. The molecule has 0 bridgehead atoms. The first-order chi connectivity index (χ1) is 15.8.